The van der Waals surface area contributed by atoms with Gasteiger partial charge in [-0.3, -0.25) is 9.59 Å². The Balaban J connectivity index is 2.25. The predicted octanol–water partition coefficient (Wildman–Crippen LogP) is 4.46. The fourth-order valence-electron chi connectivity index (χ4n) is 2.79. The normalized spacial score (nSPS) is 12.9. The minimum atomic E-state index is -0.674. The quantitative estimate of drug-likeness (QED) is 0.647. The Morgan fingerprint density at radius 1 is 1.14 bits per heavy atom. The van der Waals surface area contributed by atoms with E-state index in [9.17, 15) is 14.0 Å². The maximum Gasteiger partial charge on any atom is 0.242 e. The van der Waals surface area contributed by atoms with Crippen molar-refractivity contribution in [2.75, 3.05) is 0 Å². The first kappa shape index (κ1) is 22.1. The van der Waals surface area contributed by atoms with Gasteiger partial charge in [0.05, 0.1) is 6.42 Å². The Morgan fingerprint density at radius 2 is 1.86 bits per heavy atom. The van der Waals surface area contributed by atoms with Crippen LogP contribution in [0.4, 0.5) is 4.39 Å². The van der Waals surface area contributed by atoms with Gasteiger partial charge in [-0.2, -0.15) is 0 Å². The average Bonchev–Trinajstić information content (AvgIpc) is 2.67. The van der Waals surface area contributed by atoms with Gasteiger partial charge in [0.25, 0.3) is 0 Å². The molecule has 28 heavy (non-hydrogen) atoms. The molecule has 0 bridgehead atoms. The molecule has 0 saturated carbocycles. The SMILES string of the molecule is CC[C@H](C)NC(=O)[C@H](C)N(Cc1cccc(Br)c1)C(=O)Cc1ccccc1F. The highest BCUT2D eigenvalue weighted by atomic mass is 79.9. The molecule has 2 amide bonds. The van der Waals surface area contributed by atoms with E-state index in [2.05, 4.69) is 21.2 Å². The Bertz CT molecular complexity index is 828. The second-order valence-corrected chi connectivity index (χ2v) is 7.83. The average molecular weight is 449 g/mol. The molecule has 0 aliphatic carbocycles. The molecule has 0 heterocycles. The van der Waals surface area contributed by atoms with Gasteiger partial charge in [-0.05, 0) is 49.6 Å². The summed E-state index contributed by atoms with van der Waals surface area (Å²) in [5.41, 5.74) is 1.21. The van der Waals surface area contributed by atoms with Crippen molar-refractivity contribution in [1.82, 2.24) is 10.2 Å². The van der Waals surface area contributed by atoms with Gasteiger partial charge in [-0.25, -0.2) is 4.39 Å². The fraction of sp³-hybridized carbons (Fsp3) is 0.364. The van der Waals surface area contributed by atoms with Gasteiger partial charge >= 0.3 is 0 Å². The highest BCUT2D eigenvalue weighted by Crippen LogP contribution is 2.17. The molecule has 0 unspecified atom stereocenters. The number of benzene rings is 2. The lowest BCUT2D eigenvalue weighted by Crippen LogP contribution is -2.50. The Labute approximate surface area is 174 Å². The van der Waals surface area contributed by atoms with Crippen molar-refractivity contribution in [3.05, 3.63) is 69.9 Å². The molecule has 2 rings (SSSR count). The predicted molar refractivity (Wildman–Crippen MR) is 112 cm³/mol. The van der Waals surface area contributed by atoms with Crippen LogP contribution in [0.5, 0.6) is 0 Å². The van der Waals surface area contributed by atoms with Crippen LogP contribution in [0.2, 0.25) is 0 Å². The zero-order chi connectivity index (χ0) is 20.7. The summed E-state index contributed by atoms with van der Waals surface area (Å²) in [5, 5.41) is 2.92. The molecule has 6 heteroatoms. The molecule has 2 aromatic rings. The molecule has 0 saturated heterocycles. The molecule has 0 aliphatic rings. The van der Waals surface area contributed by atoms with E-state index in [0.717, 1.165) is 16.5 Å². The third-order valence-electron chi connectivity index (χ3n) is 4.71. The second kappa shape index (κ2) is 10.4. The molecule has 4 nitrogen and oxygen atoms in total. The lowest BCUT2D eigenvalue weighted by molar-refractivity contribution is -0.140. The first-order chi connectivity index (χ1) is 13.3. The number of nitrogens with zero attached hydrogens (tertiary/aromatic N) is 1. The van der Waals surface area contributed by atoms with Gasteiger partial charge in [0.2, 0.25) is 11.8 Å². The number of hydrogen-bond donors (Lipinski definition) is 1. The van der Waals surface area contributed by atoms with Crippen LogP contribution in [0.3, 0.4) is 0 Å². The van der Waals surface area contributed by atoms with Crippen LogP contribution in [0.15, 0.2) is 53.0 Å². The van der Waals surface area contributed by atoms with Crippen molar-refractivity contribution < 1.29 is 14.0 Å². The standard InChI is InChI=1S/C22H26BrFN2O2/c1-4-15(2)25-22(28)16(3)26(14-17-8-7-10-19(23)12-17)21(27)13-18-9-5-6-11-20(18)24/h5-12,15-16H,4,13-14H2,1-3H3,(H,25,28)/t15-,16-/m0/s1. The smallest absolute Gasteiger partial charge is 0.242 e. The van der Waals surface area contributed by atoms with Crippen LogP contribution < -0.4 is 5.32 Å². The van der Waals surface area contributed by atoms with E-state index in [1.165, 1.54) is 11.0 Å². The molecule has 2 aromatic carbocycles. The number of amides is 2. The van der Waals surface area contributed by atoms with Crippen molar-refractivity contribution in [3.63, 3.8) is 0 Å². The van der Waals surface area contributed by atoms with Crippen molar-refractivity contribution >= 4 is 27.7 Å². The number of nitrogens with one attached hydrogen (secondary N) is 1. The lowest BCUT2D eigenvalue weighted by Gasteiger charge is -2.30. The maximum absolute atomic E-state index is 14.0. The molecule has 0 spiro atoms. The van der Waals surface area contributed by atoms with Gasteiger partial charge < -0.3 is 10.2 Å². The minimum Gasteiger partial charge on any atom is -0.352 e. The third kappa shape index (κ3) is 6.16. The summed E-state index contributed by atoms with van der Waals surface area (Å²) in [5.74, 6) is -0.932. The molecule has 0 aromatic heterocycles. The van der Waals surface area contributed by atoms with E-state index < -0.39 is 11.9 Å². The number of rotatable bonds is 8. The van der Waals surface area contributed by atoms with E-state index in [1.54, 1.807) is 25.1 Å². The molecule has 150 valence electrons. The first-order valence-electron chi connectivity index (χ1n) is 9.39. The summed E-state index contributed by atoms with van der Waals surface area (Å²) in [4.78, 5) is 27.2. The highest BCUT2D eigenvalue weighted by molar-refractivity contribution is 9.10. The van der Waals surface area contributed by atoms with E-state index in [4.69, 9.17) is 0 Å². The monoisotopic (exact) mass is 448 g/mol. The van der Waals surface area contributed by atoms with E-state index in [-0.39, 0.29) is 30.8 Å². The van der Waals surface area contributed by atoms with Crippen molar-refractivity contribution in [3.8, 4) is 0 Å². The van der Waals surface area contributed by atoms with Crippen molar-refractivity contribution in [2.24, 2.45) is 0 Å². The number of halogens is 2. The van der Waals surface area contributed by atoms with E-state index in [0.29, 0.717) is 5.56 Å². The second-order valence-electron chi connectivity index (χ2n) is 6.91. The number of carbonyl (C=O) groups excluding carboxylic acids is 2. The van der Waals surface area contributed by atoms with Crippen LogP contribution in [-0.2, 0) is 22.6 Å². The molecule has 2 atom stereocenters. The molecular formula is C22H26BrFN2O2. The molecule has 0 fully saturated rings. The summed E-state index contributed by atoms with van der Waals surface area (Å²) in [6, 6.07) is 13.1. The summed E-state index contributed by atoms with van der Waals surface area (Å²) in [7, 11) is 0. The topological polar surface area (TPSA) is 49.4 Å². The van der Waals surface area contributed by atoms with Crippen LogP contribution >= 0.6 is 15.9 Å². The number of hydrogen-bond acceptors (Lipinski definition) is 2. The fourth-order valence-corrected chi connectivity index (χ4v) is 3.23. The third-order valence-corrected chi connectivity index (χ3v) is 5.20. The van der Waals surface area contributed by atoms with Crippen LogP contribution in [-0.4, -0.2) is 28.8 Å². The van der Waals surface area contributed by atoms with Crippen LogP contribution in [0.1, 0.15) is 38.3 Å². The molecule has 0 aliphatic heterocycles. The summed E-state index contributed by atoms with van der Waals surface area (Å²) in [6.45, 7) is 5.87. The van der Waals surface area contributed by atoms with Gasteiger partial charge in [0.15, 0.2) is 0 Å². The van der Waals surface area contributed by atoms with Gasteiger partial charge in [0, 0.05) is 17.1 Å². The first-order valence-corrected chi connectivity index (χ1v) is 10.2. The van der Waals surface area contributed by atoms with Gasteiger partial charge in [-0.15, -0.1) is 0 Å². The Hall–Kier alpha value is -2.21. The van der Waals surface area contributed by atoms with Crippen LogP contribution in [0, 0.1) is 5.82 Å². The van der Waals surface area contributed by atoms with E-state index in [1.807, 2.05) is 38.1 Å². The Kier molecular flexibility index (Phi) is 8.18. The summed E-state index contributed by atoms with van der Waals surface area (Å²) < 4.78 is 14.9. The van der Waals surface area contributed by atoms with Gasteiger partial charge in [-0.1, -0.05) is 53.2 Å². The number of carbonyl (C=O) groups is 2. The largest absolute Gasteiger partial charge is 0.352 e. The maximum atomic E-state index is 14.0. The molecule has 1 N–H and O–H groups in total. The molecule has 0 radical (unpaired) electrons. The summed E-state index contributed by atoms with van der Waals surface area (Å²) in [6.07, 6.45) is 0.703. The van der Waals surface area contributed by atoms with Crippen molar-refractivity contribution in [2.45, 2.75) is 52.2 Å². The minimum absolute atomic E-state index is 0.0179. The van der Waals surface area contributed by atoms with Crippen LogP contribution in [0.25, 0.3) is 0 Å². The Morgan fingerprint density at radius 3 is 2.50 bits per heavy atom. The molecular weight excluding hydrogens is 423 g/mol. The highest BCUT2D eigenvalue weighted by Gasteiger charge is 2.27. The van der Waals surface area contributed by atoms with Gasteiger partial charge in [0.1, 0.15) is 11.9 Å². The lowest BCUT2D eigenvalue weighted by atomic mass is 10.1. The van der Waals surface area contributed by atoms with Crippen molar-refractivity contribution in [1.29, 1.82) is 0 Å². The van der Waals surface area contributed by atoms with E-state index >= 15 is 0 Å². The zero-order valence-corrected chi connectivity index (χ0v) is 18.0. The zero-order valence-electron chi connectivity index (χ0n) is 16.4. The summed E-state index contributed by atoms with van der Waals surface area (Å²) >= 11 is 3.43.